The van der Waals surface area contributed by atoms with E-state index in [0.29, 0.717) is 0 Å². The average molecular weight is 245 g/mol. The predicted molar refractivity (Wildman–Crippen MR) is 73.7 cm³/mol. The van der Waals surface area contributed by atoms with E-state index in [1.165, 1.54) is 24.0 Å². The molecule has 1 aromatic rings. The zero-order valence-electron chi connectivity index (χ0n) is 11.5. The zero-order chi connectivity index (χ0) is 12.6. The molecule has 0 spiro atoms. The molecule has 0 saturated carbocycles. The van der Waals surface area contributed by atoms with Crippen LogP contribution >= 0.6 is 0 Å². The lowest BCUT2D eigenvalue weighted by Gasteiger charge is -2.50. The van der Waals surface area contributed by atoms with E-state index in [1.807, 2.05) is 7.11 Å². The lowest BCUT2D eigenvalue weighted by molar-refractivity contribution is -0.0233. The third-order valence-corrected chi connectivity index (χ3v) is 5.12. The molecule has 1 aliphatic heterocycles. The SMILES string of the molecule is CC[C@@]12NCCC[C@]1(COC)Cc1ccccc12. The Bertz CT molecular complexity index is 440. The second kappa shape index (κ2) is 4.36. The highest BCUT2D eigenvalue weighted by molar-refractivity contribution is 5.43. The summed E-state index contributed by atoms with van der Waals surface area (Å²) in [4.78, 5) is 0. The van der Waals surface area contributed by atoms with Crippen LogP contribution < -0.4 is 5.32 Å². The van der Waals surface area contributed by atoms with Gasteiger partial charge in [0.25, 0.3) is 0 Å². The van der Waals surface area contributed by atoms with Crippen LogP contribution in [0.3, 0.4) is 0 Å². The number of rotatable bonds is 3. The minimum absolute atomic E-state index is 0.137. The van der Waals surface area contributed by atoms with Gasteiger partial charge in [0.1, 0.15) is 0 Å². The first-order valence-corrected chi connectivity index (χ1v) is 7.10. The molecule has 1 aliphatic carbocycles. The molecule has 0 amide bonds. The molecule has 0 aromatic heterocycles. The van der Waals surface area contributed by atoms with Crippen LogP contribution in [0.2, 0.25) is 0 Å². The summed E-state index contributed by atoms with van der Waals surface area (Å²) in [6.45, 7) is 4.31. The Hall–Kier alpha value is -0.860. The molecule has 1 aromatic carbocycles. The van der Waals surface area contributed by atoms with Gasteiger partial charge in [-0.05, 0) is 43.4 Å². The fourth-order valence-electron chi connectivity index (χ4n) is 4.42. The molecule has 2 nitrogen and oxygen atoms in total. The van der Waals surface area contributed by atoms with Gasteiger partial charge in [-0.2, -0.15) is 0 Å². The van der Waals surface area contributed by atoms with E-state index >= 15 is 0 Å². The molecule has 1 fully saturated rings. The summed E-state index contributed by atoms with van der Waals surface area (Å²) in [5, 5.41) is 3.85. The summed E-state index contributed by atoms with van der Waals surface area (Å²) < 4.78 is 5.60. The van der Waals surface area contributed by atoms with Gasteiger partial charge in [0, 0.05) is 12.5 Å². The van der Waals surface area contributed by atoms with E-state index < -0.39 is 0 Å². The molecule has 1 saturated heterocycles. The third kappa shape index (κ3) is 1.42. The number of fused-ring (bicyclic) bond motifs is 3. The highest BCUT2D eigenvalue weighted by Crippen LogP contribution is 2.56. The van der Waals surface area contributed by atoms with Crippen LogP contribution in [-0.4, -0.2) is 20.3 Å². The highest BCUT2D eigenvalue weighted by Gasteiger charge is 2.57. The van der Waals surface area contributed by atoms with E-state index in [2.05, 4.69) is 36.5 Å². The molecule has 2 heteroatoms. The second-order valence-corrected chi connectivity index (χ2v) is 5.84. The molecule has 18 heavy (non-hydrogen) atoms. The lowest BCUT2D eigenvalue weighted by Crippen LogP contribution is -2.58. The topological polar surface area (TPSA) is 21.3 Å². The monoisotopic (exact) mass is 245 g/mol. The largest absolute Gasteiger partial charge is 0.384 e. The van der Waals surface area contributed by atoms with E-state index in [-0.39, 0.29) is 11.0 Å². The second-order valence-electron chi connectivity index (χ2n) is 5.84. The minimum Gasteiger partial charge on any atom is -0.384 e. The van der Waals surface area contributed by atoms with Crippen molar-refractivity contribution in [2.45, 2.75) is 38.1 Å². The maximum absolute atomic E-state index is 5.60. The van der Waals surface area contributed by atoms with Crippen molar-refractivity contribution in [2.24, 2.45) is 5.41 Å². The summed E-state index contributed by atoms with van der Waals surface area (Å²) in [6.07, 6.45) is 4.85. The zero-order valence-corrected chi connectivity index (χ0v) is 11.5. The van der Waals surface area contributed by atoms with E-state index in [4.69, 9.17) is 4.74 Å². The molecule has 3 rings (SSSR count). The van der Waals surface area contributed by atoms with Gasteiger partial charge in [-0.25, -0.2) is 0 Å². The lowest BCUT2D eigenvalue weighted by atomic mass is 9.64. The summed E-state index contributed by atoms with van der Waals surface area (Å²) >= 11 is 0. The highest BCUT2D eigenvalue weighted by atomic mass is 16.5. The fraction of sp³-hybridized carbons (Fsp3) is 0.625. The van der Waals surface area contributed by atoms with Crippen molar-refractivity contribution in [1.82, 2.24) is 5.32 Å². The van der Waals surface area contributed by atoms with Gasteiger partial charge in [0.05, 0.1) is 12.1 Å². The summed E-state index contributed by atoms with van der Waals surface area (Å²) in [5.41, 5.74) is 3.44. The Morgan fingerprint density at radius 1 is 1.33 bits per heavy atom. The first kappa shape index (κ1) is 12.2. The average Bonchev–Trinajstić information content (AvgIpc) is 2.69. The molecule has 0 radical (unpaired) electrons. The van der Waals surface area contributed by atoms with Gasteiger partial charge in [-0.3, -0.25) is 0 Å². The molecular weight excluding hydrogens is 222 g/mol. The number of methoxy groups -OCH3 is 1. The molecule has 2 aliphatic rings. The summed E-state index contributed by atoms with van der Waals surface area (Å²) in [6, 6.07) is 8.95. The van der Waals surface area contributed by atoms with Crippen molar-refractivity contribution in [2.75, 3.05) is 20.3 Å². The number of ether oxygens (including phenoxy) is 1. The van der Waals surface area contributed by atoms with Gasteiger partial charge < -0.3 is 10.1 Å². The Kier molecular flexibility index (Phi) is 2.95. The first-order valence-electron chi connectivity index (χ1n) is 7.10. The van der Waals surface area contributed by atoms with Crippen molar-refractivity contribution in [3.05, 3.63) is 35.4 Å². The third-order valence-electron chi connectivity index (χ3n) is 5.12. The van der Waals surface area contributed by atoms with E-state index in [0.717, 1.165) is 26.0 Å². The van der Waals surface area contributed by atoms with Crippen LogP contribution in [0.1, 0.15) is 37.3 Å². The van der Waals surface area contributed by atoms with E-state index in [1.54, 1.807) is 0 Å². The number of hydrogen-bond acceptors (Lipinski definition) is 2. The molecule has 1 heterocycles. The van der Waals surface area contributed by atoms with Gasteiger partial charge in [-0.1, -0.05) is 31.2 Å². The van der Waals surface area contributed by atoms with Crippen LogP contribution in [0.5, 0.6) is 0 Å². The van der Waals surface area contributed by atoms with Crippen LogP contribution in [0.25, 0.3) is 0 Å². The molecule has 0 unspecified atom stereocenters. The standard InChI is InChI=1S/C16H23NO/c1-3-16-14-8-5-4-7-13(14)11-15(16,12-18-2)9-6-10-17-16/h4-5,7-8,17H,3,6,9-12H2,1-2H3/t15-,16+/m1/s1. The number of nitrogens with one attached hydrogen (secondary N) is 1. The predicted octanol–water partition coefficient (Wildman–Crippen LogP) is 2.86. The molecule has 98 valence electrons. The quantitative estimate of drug-likeness (QED) is 0.884. The van der Waals surface area contributed by atoms with Gasteiger partial charge in [0.2, 0.25) is 0 Å². The molecule has 0 bridgehead atoms. The van der Waals surface area contributed by atoms with Crippen LogP contribution in [0, 0.1) is 5.41 Å². The van der Waals surface area contributed by atoms with Crippen molar-refractivity contribution >= 4 is 0 Å². The van der Waals surface area contributed by atoms with Crippen molar-refractivity contribution in [1.29, 1.82) is 0 Å². The van der Waals surface area contributed by atoms with Gasteiger partial charge in [0.15, 0.2) is 0 Å². The number of hydrogen-bond donors (Lipinski definition) is 1. The normalized spacial score (nSPS) is 34.1. The van der Waals surface area contributed by atoms with Crippen LogP contribution in [0.15, 0.2) is 24.3 Å². The van der Waals surface area contributed by atoms with Crippen molar-refractivity contribution in [3.8, 4) is 0 Å². The summed E-state index contributed by atoms with van der Waals surface area (Å²) in [7, 11) is 1.84. The Morgan fingerprint density at radius 2 is 2.17 bits per heavy atom. The van der Waals surface area contributed by atoms with Gasteiger partial charge in [-0.15, -0.1) is 0 Å². The number of piperidine rings is 1. The first-order chi connectivity index (χ1) is 8.78. The number of benzene rings is 1. The van der Waals surface area contributed by atoms with Crippen molar-refractivity contribution in [3.63, 3.8) is 0 Å². The smallest absolute Gasteiger partial charge is 0.0542 e. The molecule has 2 atom stereocenters. The Morgan fingerprint density at radius 3 is 2.94 bits per heavy atom. The maximum Gasteiger partial charge on any atom is 0.0542 e. The van der Waals surface area contributed by atoms with Gasteiger partial charge >= 0.3 is 0 Å². The van der Waals surface area contributed by atoms with E-state index in [9.17, 15) is 0 Å². The maximum atomic E-state index is 5.60. The Labute approximate surface area is 110 Å². The minimum atomic E-state index is 0.137. The fourth-order valence-corrected chi connectivity index (χ4v) is 4.42. The molecular formula is C16H23NO. The summed E-state index contributed by atoms with van der Waals surface area (Å²) in [5.74, 6) is 0. The Balaban J connectivity index is 2.14. The van der Waals surface area contributed by atoms with Crippen molar-refractivity contribution < 1.29 is 4.74 Å². The molecule has 1 N–H and O–H groups in total. The van der Waals surface area contributed by atoms with Crippen LogP contribution in [-0.2, 0) is 16.7 Å². The van der Waals surface area contributed by atoms with Crippen LogP contribution in [0.4, 0.5) is 0 Å².